The smallest absolute Gasteiger partial charge is 0.305 e. The summed E-state index contributed by atoms with van der Waals surface area (Å²) in [5.41, 5.74) is 2.47. The molecule has 1 saturated heterocycles. The minimum atomic E-state index is -0.176. The number of aryl methyl sites for hydroxylation is 1. The fourth-order valence-electron chi connectivity index (χ4n) is 3.15. The number of likely N-dealkylation sites (tertiary alicyclic amines) is 1. The standard InChI is InChI=1S/C21H25NO3/c1-24-21(23)12-9-17-7-10-19(11-8-17)25-20-13-14-22(16-20)15-18-5-3-2-4-6-18/h2-8,10-11,20H,9,12-16H2,1H3. The summed E-state index contributed by atoms with van der Waals surface area (Å²) in [6.45, 7) is 3.00. The summed E-state index contributed by atoms with van der Waals surface area (Å²) in [6, 6.07) is 18.6. The summed E-state index contributed by atoms with van der Waals surface area (Å²) < 4.78 is 10.8. The van der Waals surface area contributed by atoms with Crippen LogP contribution in [0.15, 0.2) is 54.6 Å². The molecule has 132 valence electrons. The second kappa shape index (κ2) is 8.67. The molecule has 0 spiro atoms. The number of carbonyl (C=O) groups excluding carboxylic acids is 1. The molecule has 1 fully saturated rings. The Bertz CT molecular complexity index is 669. The lowest BCUT2D eigenvalue weighted by Gasteiger charge is -2.17. The number of ether oxygens (including phenoxy) is 2. The van der Waals surface area contributed by atoms with Gasteiger partial charge in [-0.2, -0.15) is 0 Å². The Morgan fingerprint density at radius 2 is 1.84 bits per heavy atom. The quantitative estimate of drug-likeness (QED) is 0.724. The summed E-state index contributed by atoms with van der Waals surface area (Å²) >= 11 is 0. The molecule has 0 N–H and O–H groups in total. The van der Waals surface area contributed by atoms with Crippen LogP contribution in [0.2, 0.25) is 0 Å². The van der Waals surface area contributed by atoms with E-state index in [0.29, 0.717) is 12.8 Å². The highest BCUT2D eigenvalue weighted by molar-refractivity contribution is 5.69. The maximum absolute atomic E-state index is 11.2. The number of nitrogens with zero attached hydrogens (tertiary/aromatic N) is 1. The lowest BCUT2D eigenvalue weighted by atomic mass is 10.1. The van der Waals surface area contributed by atoms with Crippen LogP contribution in [-0.4, -0.2) is 37.2 Å². The number of hydrogen-bond donors (Lipinski definition) is 0. The van der Waals surface area contributed by atoms with Crippen molar-refractivity contribution in [3.8, 4) is 5.75 Å². The van der Waals surface area contributed by atoms with Crippen molar-refractivity contribution in [3.63, 3.8) is 0 Å². The SMILES string of the molecule is COC(=O)CCc1ccc(OC2CCN(Cc3ccccc3)C2)cc1. The third-order valence-corrected chi connectivity index (χ3v) is 4.55. The molecule has 2 aromatic carbocycles. The molecule has 1 unspecified atom stereocenters. The van der Waals surface area contributed by atoms with Crippen molar-refractivity contribution in [1.82, 2.24) is 4.90 Å². The van der Waals surface area contributed by atoms with Crippen LogP contribution in [0.25, 0.3) is 0 Å². The number of esters is 1. The van der Waals surface area contributed by atoms with E-state index in [2.05, 4.69) is 33.9 Å². The molecular weight excluding hydrogens is 314 g/mol. The van der Waals surface area contributed by atoms with Gasteiger partial charge in [-0.1, -0.05) is 42.5 Å². The van der Waals surface area contributed by atoms with Gasteiger partial charge in [0.05, 0.1) is 7.11 Å². The first-order valence-electron chi connectivity index (χ1n) is 8.81. The molecular formula is C21H25NO3. The van der Waals surface area contributed by atoms with Gasteiger partial charge in [-0.05, 0) is 36.1 Å². The van der Waals surface area contributed by atoms with Crippen LogP contribution >= 0.6 is 0 Å². The van der Waals surface area contributed by atoms with Gasteiger partial charge in [0.15, 0.2) is 0 Å². The van der Waals surface area contributed by atoms with Crippen LogP contribution in [-0.2, 0) is 22.5 Å². The molecule has 1 aliphatic heterocycles. The third-order valence-electron chi connectivity index (χ3n) is 4.55. The Morgan fingerprint density at radius 1 is 1.08 bits per heavy atom. The molecule has 2 aromatic rings. The van der Waals surface area contributed by atoms with Crippen molar-refractivity contribution >= 4 is 5.97 Å². The molecule has 1 heterocycles. The average molecular weight is 339 g/mol. The van der Waals surface area contributed by atoms with Crippen molar-refractivity contribution in [2.75, 3.05) is 20.2 Å². The third kappa shape index (κ3) is 5.33. The van der Waals surface area contributed by atoms with Crippen LogP contribution in [0.1, 0.15) is 24.0 Å². The Hall–Kier alpha value is -2.33. The van der Waals surface area contributed by atoms with Crippen LogP contribution < -0.4 is 4.74 Å². The second-order valence-corrected chi connectivity index (χ2v) is 6.47. The first-order valence-corrected chi connectivity index (χ1v) is 8.81. The fraction of sp³-hybridized carbons (Fsp3) is 0.381. The highest BCUT2D eigenvalue weighted by Crippen LogP contribution is 2.21. The van der Waals surface area contributed by atoms with Crippen molar-refractivity contribution < 1.29 is 14.3 Å². The van der Waals surface area contributed by atoms with Gasteiger partial charge < -0.3 is 9.47 Å². The van der Waals surface area contributed by atoms with Crippen LogP contribution in [0.5, 0.6) is 5.75 Å². The molecule has 3 rings (SSSR count). The van der Waals surface area contributed by atoms with E-state index in [1.165, 1.54) is 12.7 Å². The van der Waals surface area contributed by atoms with Crippen LogP contribution in [0.4, 0.5) is 0 Å². The molecule has 0 saturated carbocycles. The van der Waals surface area contributed by atoms with E-state index in [-0.39, 0.29) is 12.1 Å². The molecule has 4 heteroatoms. The van der Waals surface area contributed by atoms with E-state index in [1.54, 1.807) is 0 Å². The molecule has 1 atom stereocenters. The Balaban J connectivity index is 1.46. The average Bonchev–Trinajstić information content (AvgIpc) is 3.08. The van der Waals surface area contributed by atoms with Gasteiger partial charge >= 0.3 is 5.97 Å². The van der Waals surface area contributed by atoms with E-state index < -0.39 is 0 Å². The maximum atomic E-state index is 11.2. The van der Waals surface area contributed by atoms with Crippen molar-refractivity contribution in [1.29, 1.82) is 0 Å². The first-order chi connectivity index (χ1) is 12.2. The van der Waals surface area contributed by atoms with Gasteiger partial charge in [0.25, 0.3) is 0 Å². The summed E-state index contributed by atoms with van der Waals surface area (Å²) in [7, 11) is 1.42. The van der Waals surface area contributed by atoms with Gasteiger partial charge in [0.2, 0.25) is 0 Å². The zero-order chi connectivity index (χ0) is 17.5. The normalized spacial score (nSPS) is 17.4. The van der Waals surface area contributed by atoms with Crippen LogP contribution in [0, 0.1) is 0 Å². The monoisotopic (exact) mass is 339 g/mol. The Kier molecular flexibility index (Phi) is 6.07. The Labute approximate surface area is 149 Å². The van der Waals surface area contributed by atoms with E-state index >= 15 is 0 Å². The fourth-order valence-corrected chi connectivity index (χ4v) is 3.15. The zero-order valence-corrected chi connectivity index (χ0v) is 14.7. The highest BCUT2D eigenvalue weighted by atomic mass is 16.5. The summed E-state index contributed by atoms with van der Waals surface area (Å²) in [6.07, 6.45) is 2.40. The molecule has 0 amide bonds. The molecule has 0 aromatic heterocycles. The largest absolute Gasteiger partial charge is 0.489 e. The van der Waals surface area contributed by atoms with Crippen LogP contribution in [0.3, 0.4) is 0 Å². The molecule has 0 aliphatic carbocycles. The lowest BCUT2D eigenvalue weighted by Crippen LogP contribution is -2.24. The number of carbonyl (C=O) groups is 1. The number of hydrogen-bond acceptors (Lipinski definition) is 4. The van der Waals surface area contributed by atoms with Gasteiger partial charge in [0, 0.05) is 26.1 Å². The van der Waals surface area contributed by atoms with Crippen molar-refractivity contribution in [2.45, 2.75) is 31.9 Å². The molecule has 0 radical (unpaired) electrons. The predicted molar refractivity (Wildman–Crippen MR) is 97.5 cm³/mol. The van der Waals surface area contributed by atoms with E-state index in [0.717, 1.165) is 37.4 Å². The lowest BCUT2D eigenvalue weighted by molar-refractivity contribution is -0.140. The summed E-state index contributed by atoms with van der Waals surface area (Å²) in [5.74, 6) is 0.721. The van der Waals surface area contributed by atoms with Crippen molar-refractivity contribution in [2.24, 2.45) is 0 Å². The molecule has 4 nitrogen and oxygen atoms in total. The number of rotatable bonds is 7. The first kappa shape index (κ1) is 17.5. The van der Waals surface area contributed by atoms with Gasteiger partial charge in [-0.3, -0.25) is 9.69 Å². The van der Waals surface area contributed by atoms with E-state index in [1.807, 2.05) is 30.3 Å². The predicted octanol–water partition coefficient (Wildman–Crippen LogP) is 3.45. The second-order valence-electron chi connectivity index (χ2n) is 6.47. The molecule has 25 heavy (non-hydrogen) atoms. The van der Waals surface area contributed by atoms with Crippen molar-refractivity contribution in [3.05, 3.63) is 65.7 Å². The molecule has 1 aliphatic rings. The number of benzene rings is 2. The Morgan fingerprint density at radius 3 is 2.56 bits per heavy atom. The van der Waals surface area contributed by atoms with E-state index in [4.69, 9.17) is 4.74 Å². The van der Waals surface area contributed by atoms with Gasteiger partial charge in [0.1, 0.15) is 11.9 Å². The number of methoxy groups -OCH3 is 1. The van der Waals surface area contributed by atoms with Gasteiger partial charge in [-0.25, -0.2) is 0 Å². The van der Waals surface area contributed by atoms with Gasteiger partial charge in [-0.15, -0.1) is 0 Å². The minimum absolute atomic E-state index is 0.176. The topological polar surface area (TPSA) is 38.8 Å². The zero-order valence-electron chi connectivity index (χ0n) is 14.7. The van der Waals surface area contributed by atoms with E-state index in [9.17, 15) is 4.79 Å². The maximum Gasteiger partial charge on any atom is 0.305 e. The minimum Gasteiger partial charge on any atom is -0.489 e. The summed E-state index contributed by atoms with van der Waals surface area (Å²) in [4.78, 5) is 13.6. The summed E-state index contributed by atoms with van der Waals surface area (Å²) in [5, 5.41) is 0. The molecule has 0 bridgehead atoms. The highest BCUT2D eigenvalue weighted by Gasteiger charge is 2.23.